The van der Waals surface area contributed by atoms with Gasteiger partial charge in [0.2, 0.25) is 0 Å². The number of carbonyl (C=O) groups is 1. The molecule has 0 unspecified atom stereocenters. The number of amides is 1. The van der Waals surface area contributed by atoms with E-state index >= 15 is 0 Å². The maximum Gasteiger partial charge on any atom is 0.251 e. The van der Waals surface area contributed by atoms with Crippen LogP contribution in [0.4, 0.5) is 15.9 Å². The average molecular weight is 563 g/mol. The van der Waals surface area contributed by atoms with Crippen LogP contribution in [0.25, 0.3) is 0 Å². The summed E-state index contributed by atoms with van der Waals surface area (Å²) < 4.78 is 14.2. The van der Waals surface area contributed by atoms with Gasteiger partial charge in [0, 0.05) is 68.4 Å². The number of benzene rings is 2. The largest absolute Gasteiger partial charge is 0.366 e. The molecule has 0 saturated carbocycles. The van der Waals surface area contributed by atoms with E-state index in [9.17, 15) is 9.18 Å². The second-order valence-electron chi connectivity index (χ2n) is 9.07. The lowest BCUT2D eigenvalue weighted by atomic mass is 10.1. The number of nitrogens with one attached hydrogen (secondary N) is 1. The quantitative estimate of drug-likeness (QED) is 0.169. The van der Waals surface area contributed by atoms with Crippen LogP contribution in [0.3, 0.4) is 0 Å². The third kappa shape index (κ3) is 7.25. The fraction of sp³-hybridized carbons (Fsp3) is 0.241. The number of anilines is 2. The van der Waals surface area contributed by atoms with Crippen LogP contribution in [0.1, 0.15) is 21.6 Å². The van der Waals surface area contributed by atoms with Gasteiger partial charge in [-0.2, -0.15) is 0 Å². The molecule has 2 aromatic carbocycles. The highest BCUT2D eigenvalue weighted by atomic mass is 35.5. The lowest BCUT2D eigenvalue weighted by Gasteiger charge is -2.36. The lowest BCUT2D eigenvalue weighted by Crippen LogP contribution is -2.47. The van der Waals surface area contributed by atoms with Crippen LogP contribution >= 0.6 is 23.4 Å². The molecule has 1 aliphatic heterocycles. The van der Waals surface area contributed by atoms with Crippen LogP contribution in [0.5, 0.6) is 0 Å². The zero-order chi connectivity index (χ0) is 27.0. The van der Waals surface area contributed by atoms with Crippen LogP contribution in [0.2, 0.25) is 5.15 Å². The first-order valence-corrected chi connectivity index (χ1v) is 14.1. The third-order valence-corrected chi connectivity index (χ3v) is 7.52. The first kappa shape index (κ1) is 26.9. The Balaban J connectivity index is 1.16. The number of carbonyl (C=O) groups excluding carboxylic acids is 1. The van der Waals surface area contributed by atoms with Crippen LogP contribution in [0, 0.1) is 5.82 Å². The number of halogens is 2. The molecule has 0 atom stereocenters. The molecule has 1 fully saturated rings. The van der Waals surface area contributed by atoms with Gasteiger partial charge in [-0.15, -0.1) is 0 Å². The topological polar surface area (TPSA) is 74.2 Å². The van der Waals surface area contributed by atoms with Crippen LogP contribution in [-0.2, 0) is 12.2 Å². The van der Waals surface area contributed by atoms with Gasteiger partial charge in [-0.25, -0.2) is 14.4 Å². The molecule has 1 amide bonds. The van der Waals surface area contributed by atoms with Crippen LogP contribution in [0.15, 0.2) is 84.1 Å². The number of pyridine rings is 1. The fourth-order valence-corrected chi connectivity index (χ4v) is 5.42. The molecule has 4 aromatic rings. The summed E-state index contributed by atoms with van der Waals surface area (Å²) in [7, 11) is 0. The Morgan fingerprint density at radius 1 is 0.949 bits per heavy atom. The first-order chi connectivity index (χ1) is 19.0. The molecule has 0 aliphatic carbocycles. The minimum absolute atomic E-state index is 0.117. The molecular weight excluding hydrogens is 535 g/mol. The maximum atomic E-state index is 14.2. The molecule has 0 spiro atoms. The third-order valence-electron chi connectivity index (χ3n) is 6.41. The minimum Gasteiger partial charge on any atom is -0.366 e. The Kier molecular flexibility index (Phi) is 8.90. The van der Waals surface area contributed by atoms with Gasteiger partial charge in [0.15, 0.2) is 5.16 Å². The van der Waals surface area contributed by atoms with Crippen molar-refractivity contribution in [2.45, 2.75) is 17.3 Å². The summed E-state index contributed by atoms with van der Waals surface area (Å²) in [5.74, 6) is 1.02. The van der Waals surface area contributed by atoms with Gasteiger partial charge in [0.25, 0.3) is 5.91 Å². The molecule has 0 radical (unpaired) electrons. The molecule has 200 valence electrons. The number of hydrogen-bond donors (Lipinski definition) is 1. The molecule has 39 heavy (non-hydrogen) atoms. The molecule has 0 bridgehead atoms. The zero-order valence-corrected chi connectivity index (χ0v) is 22.8. The predicted molar refractivity (Wildman–Crippen MR) is 154 cm³/mol. The predicted octanol–water partition coefficient (Wildman–Crippen LogP) is 5.26. The molecule has 7 nitrogen and oxygen atoms in total. The molecule has 2 aromatic heterocycles. The highest BCUT2D eigenvalue weighted by molar-refractivity contribution is 7.98. The van der Waals surface area contributed by atoms with E-state index in [1.807, 2.05) is 53.4 Å². The molecule has 3 heterocycles. The van der Waals surface area contributed by atoms with Crippen molar-refractivity contribution in [2.24, 2.45) is 0 Å². The summed E-state index contributed by atoms with van der Waals surface area (Å²) in [6, 6.07) is 21.9. The summed E-state index contributed by atoms with van der Waals surface area (Å²) >= 11 is 7.81. The first-order valence-electron chi connectivity index (χ1n) is 12.7. The second-order valence-corrected chi connectivity index (χ2v) is 10.4. The van der Waals surface area contributed by atoms with E-state index < -0.39 is 0 Å². The van der Waals surface area contributed by atoms with Gasteiger partial charge in [0.1, 0.15) is 16.8 Å². The van der Waals surface area contributed by atoms with Gasteiger partial charge < -0.3 is 15.1 Å². The normalized spacial score (nSPS) is 13.4. The SMILES string of the molecule is O=C(NCCc1ccccn1)c1cccc(CSc2nc(Cl)cc(N3CCN(c4ccccc4F)CC3)n2)c1. The van der Waals surface area contributed by atoms with Gasteiger partial charge in [-0.3, -0.25) is 9.78 Å². The van der Waals surface area contributed by atoms with Crippen molar-refractivity contribution in [1.29, 1.82) is 0 Å². The minimum atomic E-state index is -0.208. The number of para-hydroxylation sites is 1. The zero-order valence-electron chi connectivity index (χ0n) is 21.3. The monoisotopic (exact) mass is 562 g/mol. The second kappa shape index (κ2) is 12.9. The van der Waals surface area contributed by atoms with E-state index in [1.54, 1.807) is 24.4 Å². The number of thioether (sulfide) groups is 1. The van der Waals surface area contributed by atoms with Gasteiger partial charge >= 0.3 is 0 Å². The van der Waals surface area contributed by atoms with Crippen molar-refractivity contribution < 1.29 is 9.18 Å². The molecule has 5 rings (SSSR count). The smallest absolute Gasteiger partial charge is 0.251 e. The molecular formula is C29H28ClFN6OS. The van der Waals surface area contributed by atoms with Crippen molar-refractivity contribution in [3.63, 3.8) is 0 Å². The Morgan fingerprint density at radius 3 is 2.54 bits per heavy atom. The molecule has 10 heteroatoms. The number of aromatic nitrogens is 3. The number of piperazine rings is 1. The van der Waals surface area contributed by atoms with Gasteiger partial charge in [-0.05, 0) is 42.0 Å². The summed E-state index contributed by atoms with van der Waals surface area (Å²) in [5, 5.41) is 3.90. The van der Waals surface area contributed by atoms with Crippen molar-refractivity contribution in [2.75, 3.05) is 42.5 Å². The average Bonchev–Trinajstić information content (AvgIpc) is 2.97. The van der Waals surface area contributed by atoms with E-state index in [2.05, 4.69) is 20.2 Å². The van der Waals surface area contributed by atoms with E-state index in [4.69, 9.17) is 16.6 Å². The number of nitrogens with zero attached hydrogens (tertiary/aromatic N) is 5. The van der Waals surface area contributed by atoms with Crippen molar-refractivity contribution >= 4 is 40.8 Å². The standard InChI is InChI=1S/C29H28ClFN6OS/c30-26-19-27(37-16-14-36(15-17-37)25-10-2-1-9-24(25)31)35-29(34-26)39-20-21-6-5-7-22(18-21)28(38)33-13-11-23-8-3-4-12-32-23/h1-10,12,18-19H,11,13-17,20H2,(H,33,38). The summed E-state index contributed by atoms with van der Waals surface area (Å²) in [6.45, 7) is 3.28. The Bertz CT molecular complexity index is 1420. The van der Waals surface area contributed by atoms with Crippen LogP contribution in [-0.4, -0.2) is 53.6 Å². The summed E-state index contributed by atoms with van der Waals surface area (Å²) in [4.78, 5) is 30.2. The summed E-state index contributed by atoms with van der Waals surface area (Å²) in [5.41, 5.74) is 3.16. The maximum absolute atomic E-state index is 14.2. The Hall–Kier alpha value is -3.69. The van der Waals surface area contributed by atoms with Crippen LogP contribution < -0.4 is 15.1 Å². The molecule has 1 saturated heterocycles. The van der Waals surface area contributed by atoms with E-state index in [0.29, 0.717) is 66.5 Å². The highest BCUT2D eigenvalue weighted by Crippen LogP contribution is 2.27. The van der Waals surface area contributed by atoms with Gasteiger partial charge in [0.05, 0.1) is 5.69 Å². The van der Waals surface area contributed by atoms with Crippen molar-refractivity contribution in [3.8, 4) is 0 Å². The fourth-order valence-electron chi connectivity index (χ4n) is 4.40. The van der Waals surface area contributed by atoms with E-state index in [0.717, 1.165) is 17.1 Å². The van der Waals surface area contributed by atoms with Crippen molar-refractivity contribution in [1.82, 2.24) is 20.3 Å². The molecule has 1 N–H and O–H groups in total. The Labute approximate surface area is 236 Å². The Morgan fingerprint density at radius 2 is 1.74 bits per heavy atom. The highest BCUT2D eigenvalue weighted by Gasteiger charge is 2.21. The summed E-state index contributed by atoms with van der Waals surface area (Å²) in [6.07, 6.45) is 2.42. The van der Waals surface area contributed by atoms with E-state index in [1.165, 1.54) is 17.8 Å². The lowest BCUT2D eigenvalue weighted by molar-refractivity contribution is 0.0954. The van der Waals surface area contributed by atoms with Gasteiger partial charge in [-0.1, -0.05) is 53.7 Å². The van der Waals surface area contributed by atoms with E-state index in [-0.39, 0.29) is 11.7 Å². The number of hydrogen-bond acceptors (Lipinski definition) is 7. The number of rotatable bonds is 9. The molecule has 1 aliphatic rings. The van der Waals surface area contributed by atoms with Crippen molar-refractivity contribution in [3.05, 3.63) is 107 Å².